The van der Waals surface area contributed by atoms with E-state index >= 15 is 0 Å². The van der Waals surface area contributed by atoms with Gasteiger partial charge in [-0.15, -0.1) is 0 Å². The van der Waals surface area contributed by atoms with Gasteiger partial charge >= 0.3 is 0 Å². The fraction of sp³-hybridized carbons (Fsp3) is 0.167. The molecule has 0 unspecified atom stereocenters. The van der Waals surface area contributed by atoms with Gasteiger partial charge in [-0.25, -0.2) is 4.98 Å². The predicted octanol–water partition coefficient (Wildman–Crippen LogP) is 2.41. The summed E-state index contributed by atoms with van der Waals surface area (Å²) in [5, 5.41) is 2.79. The molecule has 5 heteroatoms. The van der Waals surface area contributed by atoms with Crippen LogP contribution in [0, 0.1) is 0 Å². The third-order valence-electron chi connectivity index (χ3n) is 2.21. The van der Waals surface area contributed by atoms with Crippen LogP contribution >= 0.6 is 15.9 Å². The minimum atomic E-state index is -0.191. The maximum absolute atomic E-state index is 11.8. The van der Waals surface area contributed by atoms with Gasteiger partial charge in [-0.1, -0.05) is 0 Å². The van der Waals surface area contributed by atoms with Gasteiger partial charge in [-0.2, -0.15) is 0 Å². The Balaban J connectivity index is 1.88. The van der Waals surface area contributed by atoms with E-state index in [1.165, 1.54) is 0 Å². The normalized spacial score (nSPS) is 10.2. The minimum absolute atomic E-state index is 0.191. The molecule has 0 aliphatic heterocycles. The van der Waals surface area contributed by atoms with E-state index in [2.05, 4.69) is 26.2 Å². The van der Waals surface area contributed by atoms with Crippen LogP contribution in [-0.2, 0) is 6.42 Å². The van der Waals surface area contributed by atoms with Crippen molar-refractivity contribution in [1.82, 2.24) is 10.3 Å². The van der Waals surface area contributed by atoms with Crippen LogP contribution in [-0.4, -0.2) is 17.4 Å². The van der Waals surface area contributed by atoms with Crippen molar-refractivity contribution in [2.45, 2.75) is 6.42 Å². The molecule has 0 fully saturated rings. The van der Waals surface area contributed by atoms with Crippen molar-refractivity contribution in [2.75, 3.05) is 6.54 Å². The summed E-state index contributed by atoms with van der Waals surface area (Å²) < 4.78 is 5.86. The lowest BCUT2D eigenvalue weighted by Crippen LogP contribution is -2.26. The third kappa shape index (κ3) is 3.17. The number of furan rings is 1. The van der Waals surface area contributed by atoms with Gasteiger partial charge < -0.3 is 9.73 Å². The van der Waals surface area contributed by atoms with Crippen LogP contribution in [0.4, 0.5) is 0 Å². The zero-order valence-electron chi connectivity index (χ0n) is 9.02. The summed E-state index contributed by atoms with van der Waals surface area (Å²) in [5.41, 5.74) is 0.395. The zero-order valence-corrected chi connectivity index (χ0v) is 10.6. The number of hydrogen-bond acceptors (Lipinski definition) is 3. The highest BCUT2D eigenvalue weighted by atomic mass is 79.9. The summed E-state index contributed by atoms with van der Waals surface area (Å²) in [4.78, 5) is 15.8. The molecule has 88 valence electrons. The molecule has 0 spiro atoms. The molecule has 0 aromatic carbocycles. The van der Waals surface area contributed by atoms with E-state index in [-0.39, 0.29) is 5.91 Å². The number of halogens is 1. The van der Waals surface area contributed by atoms with Crippen LogP contribution in [0.2, 0.25) is 0 Å². The number of carbonyl (C=O) groups is 1. The first-order valence-electron chi connectivity index (χ1n) is 5.18. The number of pyridine rings is 1. The molecule has 17 heavy (non-hydrogen) atoms. The molecule has 2 rings (SSSR count). The maximum atomic E-state index is 11.8. The molecule has 1 amide bonds. The quantitative estimate of drug-likeness (QED) is 0.942. The van der Waals surface area contributed by atoms with Gasteiger partial charge in [0, 0.05) is 23.6 Å². The molecule has 2 aromatic rings. The molecular weight excluding hydrogens is 284 g/mol. The number of nitrogens with zero attached hydrogens (tertiary/aromatic N) is 1. The molecule has 0 radical (unpaired) electrons. The van der Waals surface area contributed by atoms with E-state index in [4.69, 9.17) is 4.42 Å². The molecule has 2 aromatic heterocycles. The Morgan fingerprint density at radius 2 is 2.29 bits per heavy atom. The summed E-state index contributed by atoms with van der Waals surface area (Å²) in [6.07, 6.45) is 3.88. The largest absolute Gasteiger partial charge is 0.469 e. The van der Waals surface area contributed by atoms with E-state index in [9.17, 15) is 4.79 Å². The molecule has 4 nitrogen and oxygen atoms in total. The highest BCUT2D eigenvalue weighted by Crippen LogP contribution is 2.12. The smallest absolute Gasteiger partial charge is 0.271 e. The van der Waals surface area contributed by atoms with Crippen molar-refractivity contribution in [3.63, 3.8) is 0 Å². The number of nitrogens with one attached hydrogen (secondary N) is 1. The molecule has 0 bridgehead atoms. The Labute approximate surface area is 107 Å². The van der Waals surface area contributed by atoms with E-state index in [0.717, 1.165) is 5.76 Å². The fourth-order valence-corrected chi connectivity index (χ4v) is 1.83. The van der Waals surface area contributed by atoms with E-state index in [1.54, 1.807) is 24.6 Å². The number of aromatic nitrogens is 1. The topological polar surface area (TPSA) is 55.1 Å². The average Bonchev–Trinajstić information content (AvgIpc) is 2.82. The summed E-state index contributed by atoms with van der Waals surface area (Å²) >= 11 is 3.29. The van der Waals surface area contributed by atoms with E-state index in [0.29, 0.717) is 23.1 Å². The number of amides is 1. The number of hydrogen-bond donors (Lipinski definition) is 1. The van der Waals surface area contributed by atoms with Gasteiger partial charge in [0.2, 0.25) is 0 Å². The van der Waals surface area contributed by atoms with Crippen molar-refractivity contribution in [3.05, 3.63) is 52.7 Å². The predicted molar refractivity (Wildman–Crippen MR) is 66.7 cm³/mol. The van der Waals surface area contributed by atoms with Gasteiger partial charge in [-0.05, 0) is 40.2 Å². The van der Waals surface area contributed by atoms with Gasteiger partial charge in [0.25, 0.3) is 5.91 Å². The van der Waals surface area contributed by atoms with Crippen LogP contribution in [0.5, 0.6) is 0 Å². The molecule has 0 saturated heterocycles. The number of rotatable bonds is 4. The third-order valence-corrected chi connectivity index (χ3v) is 2.85. The molecular formula is C12H11BrN2O2. The summed E-state index contributed by atoms with van der Waals surface area (Å²) in [6.45, 7) is 0.523. The molecule has 0 saturated carbocycles. The lowest BCUT2D eigenvalue weighted by atomic mass is 10.3. The first-order chi connectivity index (χ1) is 8.27. The molecule has 0 atom stereocenters. The average molecular weight is 295 g/mol. The monoisotopic (exact) mass is 294 g/mol. The second-order valence-corrected chi connectivity index (χ2v) is 4.27. The summed E-state index contributed by atoms with van der Waals surface area (Å²) in [7, 11) is 0. The first-order valence-corrected chi connectivity index (χ1v) is 5.98. The van der Waals surface area contributed by atoms with Crippen molar-refractivity contribution in [1.29, 1.82) is 0 Å². The zero-order chi connectivity index (χ0) is 12.1. The van der Waals surface area contributed by atoms with Crippen molar-refractivity contribution < 1.29 is 9.21 Å². The van der Waals surface area contributed by atoms with Gasteiger partial charge in [0.15, 0.2) is 0 Å². The van der Waals surface area contributed by atoms with E-state index in [1.807, 2.05) is 12.1 Å². The summed E-state index contributed by atoms with van der Waals surface area (Å²) in [5.74, 6) is 0.661. The van der Waals surface area contributed by atoms with E-state index < -0.39 is 0 Å². The Morgan fingerprint density at radius 3 is 3.00 bits per heavy atom. The number of carbonyl (C=O) groups excluding carboxylic acids is 1. The van der Waals surface area contributed by atoms with Crippen molar-refractivity contribution >= 4 is 21.8 Å². The lowest BCUT2D eigenvalue weighted by molar-refractivity contribution is 0.0948. The van der Waals surface area contributed by atoms with Crippen LogP contribution in [0.15, 0.2) is 45.6 Å². The highest BCUT2D eigenvalue weighted by Gasteiger charge is 2.10. The van der Waals surface area contributed by atoms with Crippen LogP contribution in [0.25, 0.3) is 0 Å². The Morgan fingerprint density at radius 1 is 1.41 bits per heavy atom. The molecule has 0 aliphatic rings. The molecule has 1 N–H and O–H groups in total. The fourth-order valence-electron chi connectivity index (χ4n) is 1.39. The molecule has 0 aliphatic carbocycles. The van der Waals surface area contributed by atoms with Crippen LogP contribution in [0.1, 0.15) is 16.2 Å². The second kappa shape index (κ2) is 5.63. The Kier molecular flexibility index (Phi) is 3.93. The lowest BCUT2D eigenvalue weighted by Gasteiger charge is -2.04. The second-order valence-electron chi connectivity index (χ2n) is 3.42. The highest BCUT2D eigenvalue weighted by molar-refractivity contribution is 9.10. The van der Waals surface area contributed by atoms with Gasteiger partial charge in [0.05, 0.1) is 6.26 Å². The SMILES string of the molecule is O=C(NCCc1ccco1)c1ncccc1Br. The molecule has 2 heterocycles. The van der Waals surface area contributed by atoms with Crippen LogP contribution < -0.4 is 5.32 Å². The summed E-state index contributed by atoms with van der Waals surface area (Å²) in [6, 6.07) is 7.26. The van der Waals surface area contributed by atoms with Gasteiger partial charge in [0.1, 0.15) is 11.5 Å². The van der Waals surface area contributed by atoms with Crippen molar-refractivity contribution in [2.24, 2.45) is 0 Å². The van der Waals surface area contributed by atoms with Crippen molar-refractivity contribution in [3.8, 4) is 0 Å². The first kappa shape index (κ1) is 11.9. The van der Waals surface area contributed by atoms with Crippen LogP contribution in [0.3, 0.4) is 0 Å². The van der Waals surface area contributed by atoms with Gasteiger partial charge in [-0.3, -0.25) is 4.79 Å². The standard InChI is InChI=1S/C12H11BrN2O2/c13-10-4-1-6-14-11(10)12(16)15-7-5-9-3-2-8-17-9/h1-4,6,8H,5,7H2,(H,15,16). The maximum Gasteiger partial charge on any atom is 0.271 e. The Hall–Kier alpha value is -1.62. The Bertz CT molecular complexity index is 497. The minimum Gasteiger partial charge on any atom is -0.469 e.